The van der Waals surface area contributed by atoms with E-state index in [1.807, 2.05) is 19.1 Å². The van der Waals surface area contributed by atoms with Crippen molar-refractivity contribution < 1.29 is 14.3 Å². The zero-order valence-corrected chi connectivity index (χ0v) is 9.11. The van der Waals surface area contributed by atoms with Crippen LogP contribution in [0.5, 0.6) is 0 Å². The third-order valence-electron chi connectivity index (χ3n) is 2.12. The van der Waals surface area contributed by atoms with E-state index in [4.69, 9.17) is 4.74 Å². The average molecular weight is 206 g/mol. The Balaban J connectivity index is 2.85. The van der Waals surface area contributed by atoms with Crippen LogP contribution in [-0.4, -0.2) is 17.9 Å². The Labute approximate surface area is 89.1 Å². The first-order chi connectivity index (χ1) is 7.02. The number of esters is 1. The zero-order valence-electron chi connectivity index (χ0n) is 9.11. The molecule has 0 N–H and O–H groups in total. The first kappa shape index (κ1) is 11.4. The van der Waals surface area contributed by atoms with Crippen molar-refractivity contribution in [3.05, 3.63) is 35.4 Å². The Morgan fingerprint density at radius 2 is 1.87 bits per heavy atom. The van der Waals surface area contributed by atoms with Crippen LogP contribution in [-0.2, 0) is 9.53 Å². The summed E-state index contributed by atoms with van der Waals surface area (Å²) < 4.78 is 4.83. The van der Waals surface area contributed by atoms with Crippen LogP contribution in [0, 0.1) is 6.92 Å². The van der Waals surface area contributed by atoms with Gasteiger partial charge in [0.25, 0.3) is 0 Å². The molecule has 0 aliphatic rings. The van der Waals surface area contributed by atoms with E-state index >= 15 is 0 Å². The molecule has 0 aromatic heterocycles. The van der Waals surface area contributed by atoms with Gasteiger partial charge in [-0.05, 0) is 19.4 Å². The summed E-state index contributed by atoms with van der Waals surface area (Å²) in [5.41, 5.74) is 1.49. The van der Waals surface area contributed by atoms with Gasteiger partial charge >= 0.3 is 5.97 Å². The highest BCUT2D eigenvalue weighted by atomic mass is 16.5. The van der Waals surface area contributed by atoms with Gasteiger partial charge < -0.3 is 4.74 Å². The Morgan fingerprint density at radius 1 is 1.27 bits per heavy atom. The number of carbonyl (C=O) groups is 2. The lowest BCUT2D eigenvalue weighted by Crippen LogP contribution is -2.23. The summed E-state index contributed by atoms with van der Waals surface area (Å²) in [4.78, 5) is 22.5. The Kier molecular flexibility index (Phi) is 3.61. The number of hydrogen-bond acceptors (Lipinski definition) is 3. The second-order valence-corrected chi connectivity index (χ2v) is 3.43. The Morgan fingerprint density at radius 3 is 2.40 bits per heavy atom. The highest BCUT2D eigenvalue weighted by Gasteiger charge is 2.18. The van der Waals surface area contributed by atoms with E-state index in [2.05, 4.69) is 0 Å². The van der Waals surface area contributed by atoms with Gasteiger partial charge in [-0.3, -0.25) is 9.59 Å². The highest BCUT2D eigenvalue weighted by Crippen LogP contribution is 2.11. The van der Waals surface area contributed by atoms with Gasteiger partial charge in [0.1, 0.15) is 0 Å². The number of aryl methyl sites for hydroxylation is 1. The molecule has 0 spiro atoms. The van der Waals surface area contributed by atoms with Crippen LogP contribution in [0.15, 0.2) is 24.3 Å². The molecule has 15 heavy (non-hydrogen) atoms. The van der Waals surface area contributed by atoms with E-state index in [9.17, 15) is 9.59 Å². The Bertz CT molecular complexity index is 382. The van der Waals surface area contributed by atoms with Crippen LogP contribution >= 0.6 is 0 Å². The number of carbonyl (C=O) groups excluding carboxylic acids is 2. The Hall–Kier alpha value is -1.64. The molecule has 0 aliphatic heterocycles. The minimum Gasteiger partial charge on any atom is -0.454 e. The number of ether oxygens (including phenoxy) is 1. The van der Waals surface area contributed by atoms with Gasteiger partial charge in [0.2, 0.25) is 5.78 Å². The lowest BCUT2D eigenvalue weighted by molar-refractivity contribution is -0.143. The van der Waals surface area contributed by atoms with Crippen molar-refractivity contribution in [2.24, 2.45) is 0 Å². The van der Waals surface area contributed by atoms with Gasteiger partial charge in [-0.1, -0.05) is 24.3 Å². The fourth-order valence-electron chi connectivity index (χ4n) is 1.37. The van der Waals surface area contributed by atoms with Gasteiger partial charge in [-0.15, -0.1) is 0 Å². The van der Waals surface area contributed by atoms with Gasteiger partial charge in [-0.2, -0.15) is 0 Å². The molecule has 1 rings (SSSR count). The molecule has 1 aromatic carbocycles. The minimum atomic E-state index is -0.719. The summed E-state index contributed by atoms with van der Waals surface area (Å²) in [6.45, 7) is 4.73. The highest BCUT2D eigenvalue weighted by molar-refractivity contribution is 6.01. The van der Waals surface area contributed by atoms with Crippen LogP contribution in [0.2, 0.25) is 0 Å². The van der Waals surface area contributed by atoms with Gasteiger partial charge in [0, 0.05) is 12.5 Å². The number of benzene rings is 1. The molecule has 0 amide bonds. The van der Waals surface area contributed by atoms with Gasteiger partial charge in [0.05, 0.1) is 0 Å². The molecule has 0 heterocycles. The van der Waals surface area contributed by atoms with Crippen molar-refractivity contribution in [1.82, 2.24) is 0 Å². The van der Waals surface area contributed by atoms with Crippen LogP contribution in [0.1, 0.15) is 29.8 Å². The molecule has 0 fully saturated rings. The molecule has 1 atom stereocenters. The maximum absolute atomic E-state index is 11.8. The average Bonchev–Trinajstić information content (AvgIpc) is 2.16. The van der Waals surface area contributed by atoms with Crippen LogP contribution in [0.3, 0.4) is 0 Å². The van der Waals surface area contributed by atoms with E-state index in [0.29, 0.717) is 5.56 Å². The third kappa shape index (κ3) is 2.91. The van der Waals surface area contributed by atoms with Crippen LogP contribution in [0.4, 0.5) is 0 Å². The summed E-state index contributed by atoms with van der Waals surface area (Å²) >= 11 is 0. The number of ketones is 1. The molecular weight excluding hydrogens is 192 g/mol. The quantitative estimate of drug-likeness (QED) is 0.562. The molecule has 80 valence electrons. The van der Waals surface area contributed by atoms with E-state index in [1.165, 1.54) is 6.92 Å². The summed E-state index contributed by atoms with van der Waals surface area (Å²) in [6.07, 6.45) is -0.719. The number of hydrogen-bond donors (Lipinski definition) is 0. The maximum atomic E-state index is 11.8. The fraction of sp³-hybridized carbons (Fsp3) is 0.333. The van der Waals surface area contributed by atoms with Crippen molar-refractivity contribution >= 4 is 11.8 Å². The molecule has 1 unspecified atom stereocenters. The van der Waals surface area contributed by atoms with E-state index in [-0.39, 0.29) is 5.78 Å². The molecule has 0 aliphatic carbocycles. The normalized spacial score (nSPS) is 11.9. The summed E-state index contributed by atoms with van der Waals surface area (Å²) in [5, 5.41) is 0. The fourth-order valence-corrected chi connectivity index (χ4v) is 1.37. The molecule has 3 heteroatoms. The first-order valence-corrected chi connectivity index (χ1v) is 4.79. The SMILES string of the molecule is CC(=O)OC(C)C(=O)c1ccccc1C. The standard InChI is InChI=1S/C12H14O3/c1-8-6-4-5-7-11(8)12(14)9(2)15-10(3)13/h4-7,9H,1-3H3. The predicted molar refractivity (Wildman–Crippen MR) is 56.7 cm³/mol. The van der Waals surface area contributed by atoms with Crippen molar-refractivity contribution in [3.63, 3.8) is 0 Å². The first-order valence-electron chi connectivity index (χ1n) is 4.79. The van der Waals surface area contributed by atoms with E-state index < -0.39 is 12.1 Å². The summed E-state index contributed by atoms with van der Waals surface area (Å²) in [7, 11) is 0. The number of rotatable bonds is 3. The van der Waals surface area contributed by atoms with E-state index in [1.54, 1.807) is 19.1 Å². The largest absolute Gasteiger partial charge is 0.454 e. The number of Topliss-reactive ketones (excluding diaryl/α,β-unsaturated/α-hetero) is 1. The zero-order chi connectivity index (χ0) is 11.4. The van der Waals surface area contributed by atoms with Crippen molar-refractivity contribution in [2.45, 2.75) is 26.9 Å². The van der Waals surface area contributed by atoms with Crippen LogP contribution < -0.4 is 0 Å². The maximum Gasteiger partial charge on any atom is 0.303 e. The second-order valence-electron chi connectivity index (χ2n) is 3.43. The third-order valence-corrected chi connectivity index (χ3v) is 2.12. The summed E-state index contributed by atoms with van der Waals surface area (Å²) in [6, 6.07) is 7.24. The van der Waals surface area contributed by atoms with Crippen LogP contribution in [0.25, 0.3) is 0 Å². The van der Waals surface area contributed by atoms with Gasteiger partial charge in [0.15, 0.2) is 6.10 Å². The molecule has 3 nitrogen and oxygen atoms in total. The van der Waals surface area contributed by atoms with E-state index in [0.717, 1.165) is 5.56 Å². The monoisotopic (exact) mass is 206 g/mol. The summed E-state index contributed by atoms with van der Waals surface area (Å²) in [5.74, 6) is -0.604. The van der Waals surface area contributed by atoms with Crippen molar-refractivity contribution in [3.8, 4) is 0 Å². The molecule has 1 aromatic rings. The minimum absolute atomic E-state index is 0.164. The van der Waals surface area contributed by atoms with Gasteiger partial charge in [-0.25, -0.2) is 0 Å². The molecule has 0 radical (unpaired) electrons. The predicted octanol–water partition coefficient (Wildman–Crippen LogP) is 2.13. The smallest absolute Gasteiger partial charge is 0.303 e. The lowest BCUT2D eigenvalue weighted by atomic mass is 10.0. The molecule has 0 saturated heterocycles. The molecule has 0 bridgehead atoms. The topological polar surface area (TPSA) is 43.4 Å². The van der Waals surface area contributed by atoms with Crippen molar-refractivity contribution in [2.75, 3.05) is 0 Å². The second kappa shape index (κ2) is 4.73. The molecule has 0 saturated carbocycles. The lowest BCUT2D eigenvalue weighted by Gasteiger charge is -2.11. The molecular formula is C12H14O3. The van der Waals surface area contributed by atoms with Crippen molar-refractivity contribution in [1.29, 1.82) is 0 Å².